The summed E-state index contributed by atoms with van der Waals surface area (Å²) in [7, 11) is 0. The smallest absolute Gasteiger partial charge is 0.325 e. The number of carboxylic acid groups (broad SMARTS) is 1. The Kier molecular flexibility index (Phi) is 4.17. The van der Waals surface area contributed by atoms with E-state index in [9.17, 15) is 15.0 Å². The molecule has 1 fully saturated rings. The first-order chi connectivity index (χ1) is 8.68. The molecule has 0 saturated carbocycles. The SMILES string of the molecule is O=C(O)C(c1ccc(O)cc1)N1CCCNCC1. The Morgan fingerprint density at radius 2 is 1.94 bits per heavy atom. The van der Waals surface area contributed by atoms with E-state index in [1.54, 1.807) is 12.1 Å². The van der Waals surface area contributed by atoms with Crippen molar-refractivity contribution < 1.29 is 15.0 Å². The van der Waals surface area contributed by atoms with Gasteiger partial charge in [-0.05, 0) is 30.7 Å². The number of phenols is 1. The summed E-state index contributed by atoms with van der Waals surface area (Å²) in [6.07, 6.45) is 0.946. The third kappa shape index (κ3) is 3.00. The van der Waals surface area contributed by atoms with E-state index in [2.05, 4.69) is 5.32 Å². The first-order valence-electron chi connectivity index (χ1n) is 6.15. The van der Waals surface area contributed by atoms with E-state index in [-0.39, 0.29) is 5.75 Å². The molecule has 1 aliphatic rings. The maximum absolute atomic E-state index is 11.5. The molecule has 1 heterocycles. The number of hydrogen-bond acceptors (Lipinski definition) is 4. The minimum Gasteiger partial charge on any atom is -0.508 e. The number of carboxylic acids is 1. The van der Waals surface area contributed by atoms with Gasteiger partial charge in [0.15, 0.2) is 0 Å². The number of benzene rings is 1. The van der Waals surface area contributed by atoms with Crippen molar-refractivity contribution in [2.45, 2.75) is 12.5 Å². The Hall–Kier alpha value is -1.59. The van der Waals surface area contributed by atoms with Crippen molar-refractivity contribution in [3.63, 3.8) is 0 Å². The standard InChI is InChI=1S/C13H18N2O3/c16-11-4-2-10(3-5-11)12(13(17)18)15-8-1-6-14-7-9-15/h2-5,12,14,16H,1,6-9H2,(H,17,18). The first kappa shape index (κ1) is 12.9. The van der Waals surface area contributed by atoms with E-state index in [4.69, 9.17) is 0 Å². The molecule has 1 saturated heterocycles. The van der Waals surface area contributed by atoms with Gasteiger partial charge >= 0.3 is 5.97 Å². The predicted molar refractivity (Wildman–Crippen MR) is 67.5 cm³/mol. The minimum absolute atomic E-state index is 0.153. The van der Waals surface area contributed by atoms with Crippen molar-refractivity contribution in [2.24, 2.45) is 0 Å². The van der Waals surface area contributed by atoms with Crippen LogP contribution < -0.4 is 5.32 Å². The fraction of sp³-hybridized carbons (Fsp3) is 0.462. The highest BCUT2D eigenvalue weighted by Crippen LogP contribution is 2.23. The Balaban J connectivity index is 2.21. The first-order valence-corrected chi connectivity index (χ1v) is 6.15. The lowest BCUT2D eigenvalue weighted by Crippen LogP contribution is -2.36. The van der Waals surface area contributed by atoms with Crippen molar-refractivity contribution in [3.8, 4) is 5.75 Å². The fourth-order valence-corrected chi connectivity index (χ4v) is 2.29. The molecule has 2 rings (SSSR count). The molecule has 0 bridgehead atoms. The number of aromatic hydroxyl groups is 1. The summed E-state index contributed by atoms with van der Waals surface area (Å²) >= 11 is 0. The summed E-state index contributed by atoms with van der Waals surface area (Å²) in [6.45, 7) is 3.23. The highest BCUT2D eigenvalue weighted by atomic mass is 16.4. The van der Waals surface area contributed by atoms with Crippen LogP contribution in [-0.4, -0.2) is 47.3 Å². The van der Waals surface area contributed by atoms with Crippen LogP contribution in [0.25, 0.3) is 0 Å². The summed E-state index contributed by atoms with van der Waals surface area (Å²) < 4.78 is 0. The molecule has 0 aromatic heterocycles. The number of nitrogens with zero attached hydrogens (tertiary/aromatic N) is 1. The van der Waals surface area contributed by atoms with Crippen molar-refractivity contribution >= 4 is 5.97 Å². The van der Waals surface area contributed by atoms with Gasteiger partial charge in [0, 0.05) is 19.6 Å². The van der Waals surface area contributed by atoms with E-state index >= 15 is 0 Å². The molecule has 98 valence electrons. The van der Waals surface area contributed by atoms with E-state index < -0.39 is 12.0 Å². The summed E-state index contributed by atoms with van der Waals surface area (Å²) in [6, 6.07) is 5.77. The molecule has 0 radical (unpaired) electrons. The monoisotopic (exact) mass is 250 g/mol. The molecule has 5 nitrogen and oxygen atoms in total. The van der Waals surface area contributed by atoms with Gasteiger partial charge in [0.25, 0.3) is 0 Å². The second-order valence-electron chi connectivity index (χ2n) is 4.47. The minimum atomic E-state index is -0.845. The quantitative estimate of drug-likeness (QED) is 0.740. The van der Waals surface area contributed by atoms with Crippen molar-refractivity contribution in [1.29, 1.82) is 0 Å². The molecule has 1 aromatic rings. The van der Waals surface area contributed by atoms with Crippen LogP contribution in [0.15, 0.2) is 24.3 Å². The van der Waals surface area contributed by atoms with Crippen molar-refractivity contribution in [3.05, 3.63) is 29.8 Å². The number of aliphatic carboxylic acids is 1. The van der Waals surface area contributed by atoms with Gasteiger partial charge in [0.1, 0.15) is 11.8 Å². The zero-order valence-electron chi connectivity index (χ0n) is 10.2. The second-order valence-corrected chi connectivity index (χ2v) is 4.47. The number of rotatable bonds is 3. The van der Waals surface area contributed by atoms with Crippen LogP contribution in [0.4, 0.5) is 0 Å². The normalized spacial score (nSPS) is 19.1. The van der Waals surface area contributed by atoms with Crippen LogP contribution >= 0.6 is 0 Å². The van der Waals surface area contributed by atoms with Gasteiger partial charge in [0.2, 0.25) is 0 Å². The average molecular weight is 250 g/mol. The molecule has 18 heavy (non-hydrogen) atoms. The number of carbonyl (C=O) groups is 1. The summed E-state index contributed by atoms with van der Waals surface area (Å²) in [5, 5.41) is 21.9. The number of hydrogen-bond donors (Lipinski definition) is 3. The number of nitrogens with one attached hydrogen (secondary N) is 1. The van der Waals surface area contributed by atoms with Crippen molar-refractivity contribution in [1.82, 2.24) is 10.2 Å². The van der Waals surface area contributed by atoms with Gasteiger partial charge in [-0.15, -0.1) is 0 Å². The molecule has 0 spiro atoms. The van der Waals surface area contributed by atoms with Crippen LogP contribution in [0, 0.1) is 0 Å². The predicted octanol–water partition coefficient (Wildman–Crippen LogP) is 0.813. The van der Waals surface area contributed by atoms with Gasteiger partial charge in [-0.1, -0.05) is 12.1 Å². The third-order valence-corrected chi connectivity index (χ3v) is 3.18. The van der Waals surface area contributed by atoms with Crippen molar-refractivity contribution in [2.75, 3.05) is 26.2 Å². The van der Waals surface area contributed by atoms with E-state index in [0.717, 1.165) is 32.6 Å². The molecule has 1 unspecified atom stereocenters. The molecule has 0 aliphatic carbocycles. The van der Waals surface area contributed by atoms with Crippen LogP contribution in [-0.2, 0) is 4.79 Å². The van der Waals surface area contributed by atoms with Gasteiger partial charge in [0.05, 0.1) is 0 Å². The largest absolute Gasteiger partial charge is 0.508 e. The highest BCUT2D eigenvalue weighted by Gasteiger charge is 2.27. The second kappa shape index (κ2) is 5.84. The van der Waals surface area contributed by atoms with Crippen LogP contribution in [0.3, 0.4) is 0 Å². The average Bonchev–Trinajstić information content (AvgIpc) is 2.60. The maximum Gasteiger partial charge on any atom is 0.325 e. The lowest BCUT2D eigenvalue weighted by atomic mass is 10.0. The van der Waals surface area contributed by atoms with E-state index in [0.29, 0.717) is 5.56 Å². The molecule has 0 amide bonds. The lowest BCUT2D eigenvalue weighted by Gasteiger charge is -2.27. The summed E-state index contributed by atoms with van der Waals surface area (Å²) in [5.41, 5.74) is 0.710. The molecule has 5 heteroatoms. The molecule has 1 aliphatic heterocycles. The van der Waals surface area contributed by atoms with Gasteiger partial charge in [-0.3, -0.25) is 9.69 Å². The van der Waals surface area contributed by atoms with Crippen LogP contribution in [0.1, 0.15) is 18.0 Å². The Morgan fingerprint density at radius 3 is 2.61 bits per heavy atom. The summed E-state index contributed by atoms with van der Waals surface area (Å²) in [5.74, 6) is -0.692. The molecule has 1 atom stereocenters. The molecular weight excluding hydrogens is 232 g/mol. The number of phenolic OH excluding ortho intramolecular Hbond substituents is 1. The maximum atomic E-state index is 11.5. The zero-order chi connectivity index (χ0) is 13.0. The third-order valence-electron chi connectivity index (χ3n) is 3.18. The molecule has 1 aromatic carbocycles. The van der Waals surface area contributed by atoms with Gasteiger partial charge in [-0.2, -0.15) is 0 Å². The van der Waals surface area contributed by atoms with Crippen LogP contribution in [0.2, 0.25) is 0 Å². The van der Waals surface area contributed by atoms with E-state index in [1.807, 2.05) is 4.90 Å². The Labute approximate surface area is 106 Å². The fourth-order valence-electron chi connectivity index (χ4n) is 2.29. The zero-order valence-corrected chi connectivity index (χ0v) is 10.2. The molecular formula is C13H18N2O3. The lowest BCUT2D eigenvalue weighted by molar-refractivity contribution is -0.143. The molecule has 3 N–H and O–H groups in total. The summed E-state index contributed by atoms with van der Waals surface area (Å²) in [4.78, 5) is 13.4. The Morgan fingerprint density at radius 1 is 1.22 bits per heavy atom. The van der Waals surface area contributed by atoms with E-state index in [1.165, 1.54) is 12.1 Å². The highest BCUT2D eigenvalue weighted by molar-refractivity contribution is 5.75. The van der Waals surface area contributed by atoms with Gasteiger partial charge in [-0.25, -0.2) is 0 Å². The van der Waals surface area contributed by atoms with Gasteiger partial charge < -0.3 is 15.5 Å². The Bertz CT molecular complexity index is 397. The topological polar surface area (TPSA) is 72.8 Å². The van der Waals surface area contributed by atoms with Crippen LogP contribution in [0.5, 0.6) is 5.75 Å².